The molecule has 0 aliphatic rings. The van der Waals surface area contributed by atoms with Gasteiger partial charge in [0.15, 0.2) is 0 Å². The van der Waals surface area contributed by atoms with Crippen molar-refractivity contribution in [1.82, 2.24) is 4.98 Å². The monoisotopic (exact) mass is 306 g/mol. The maximum absolute atomic E-state index is 12.4. The zero-order valence-corrected chi connectivity index (χ0v) is 13.4. The smallest absolute Gasteiger partial charge is 0.255 e. The summed E-state index contributed by atoms with van der Waals surface area (Å²) < 4.78 is 5.19. The molecule has 3 rings (SSSR count). The van der Waals surface area contributed by atoms with Crippen LogP contribution in [0.5, 0.6) is 5.75 Å². The molecule has 0 spiro atoms. The summed E-state index contributed by atoms with van der Waals surface area (Å²) in [5, 5.41) is 3.84. The van der Waals surface area contributed by atoms with Crippen molar-refractivity contribution in [3.05, 3.63) is 65.4 Å². The van der Waals surface area contributed by atoms with Crippen molar-refractivity contribution in [3.8, 4) is 5.75 Å². The third-order valence-electron chi connectivity index (χ3n) is 3.92. The average Bonchev–Trinajstić information content (AvgIpc) is 2.56. The van der Waals surface area contributed by atoms with Crippen LogP contribution in [0, 0.1) is 13.8 Å². The standard InChI is InChI=1S/C19H18N2O2/c1-12-4-5-15(8-13(12)2)19(22)21-16-9-14-6-7-17(23-3)10-18(14)20-11-16/h4-11H,1-3H3,(H,21,22). The predicted octanol–water partition coefficient (Wildman–Crippen LogP) is 4.11. The second-order valence-electron chi connectivity index (χ2n) is 5.54. The molecule has 4 heteroatoms. The highest BCUT2D eigenvalue weighted by atomic mass is 16.5. The van der Waals surface area contributed by atoms with Gasteiger partial charge in [-0.3, -0.25) is 9.78 Å². The molecule has 0 aliphatic carbocycles. The summed E-state index contributed by atoms with van der Waals surface area (Å²) >= 11 is 0. The molecule has 0 fully saturated rings. The number of benzene rings is 2. The molecule has 0 bridgehead atoms. The number of ether oxygens (including phenoxy) is 1. The summed E-state index contributed by atoms with van der Waals surface area (Å²) in [5.74, 6) is 0.625. The molecule has 23 heavy (non-hydrogen) atoms. The number of fused-ring (bicyclic) bond motifs is 1. The minimum Gasteiger partial charge on any atom is -0.497 e. The van der Waals surface area contributed by atoms with E-state index in [4.69, 9.17) is 4.74 Å². The second-order valence-corrected chi connectivity index (χ2v) is 5.54. The number of carbonyl (C=O) groups is 1. The number of aromatic nitrogens is 1. The number of hydrogen-bond donors (Lipinski definition) is 1. The Morgan fingerprint density at radius 3 is 2.61 bits per heavy atom. The van der Waals surface area contributed by atoms with Crippen molar-refractivity contribution in [2.24, 2.45) is 0 Å². The minimum absolute atomic E-state index is 0.136. The number of aryl methyl sites for hydroxylation is 2. The van der Waals surface area contributed by atoms with Gasteiger partial charge in [0.2, 0.25) is 0 Å². The fourth-order valence-electron chi connectivity index (χ4n) is 2.38. The highest BCUT2D eigenvalue weighted by Gasteiger charge is 2.08. The van der Waals surface area contributed by atoms with E-state index in [1.165, 1.54) is 5.56 Å². The van der Waals surface area contributed by atoms with Crippen molar-refractivity contribution in [2.75, 3.05) is 12.4 Å². The maximum Gasteiger partial charge on any atom is 0.255 e. The predicted molar refractivity (Wildman–Crippen MR) is 92.2 cm³/mol. The lowest BCUT2D eigenvalue weighted by atomic mass is 10.1. The van der Waals surface area contributed by atoms with Crippen LogP contribution in [0.2, 0.25) is 0 Å². The van der Waals surface area contributed by atoms with Gasteiger partial charge in [-0.1, -0.05) is 6.07 Å². The molecule has 0 aliphatic heterocycles. The number of nitrogens with zero attached hydrogens (tertiary/aromatic N) is 1. The van der Waals surface area contributed by atoms with Gasteiger partial charge < -0.3 is 10.1 Å². The topological polar surface area (TPSA) is 51.2 Å². The fourth-order valence-corrected chi connectivity index (χ4v) is 2.38. The Hall–Kier alpha value is -2.88. The first-order valence-electron chi connectivity index (χ1n) is 7.39. The third kappa shape index (κ3) is 3.16. The fraction of sp³-hybridized carbons (Fsp3) is 0.158. The second kappa shape index (κ2) is 6.08. The van der Waals surface area contributed by atoms with Gasteiger partial charge in [0.25, 0.3) is 5.91 Å². The molecular formula is C19H18N2O2. The van der Waals surface area contributed by atoms with Crippen molar-refractivity contribution in [1.29, 1.82) is 0 Å². The SMILES string of the molecule is COc1ccc2cc(NC(=O)c3ccc(C)c(C)c3)cnc2c1. The van der Waals surface area contributed by atoms with E-state index in [1.54, 1.807) is 13.3 Å². The molecule has 4 nitrogen and oxygen atoms in total. The van der Waals surface area contributed by atoms with Gasteiger partial charge in [0.1, 0.15) is 5.75 Å². The molecule has 1 aromatic heterocycles. The van der Waals surface area contributed by atoms with Gasteiger partial charge in [-0.05, 0) is 55.3 Å². The minimum atomic E-state index is -0.136. The van der Waals surface area contributed by atoms with Gasteiger partial charge in [-0.15, -0.1) is 0 Å². The number of anilines is 1. The Bertz CT molecular complexity index is 888. The lowest BCUT2D eigenvalue weighted by molar-refractivity contribution is 0.102. The van der Waals surface area contributed by atoms with Crippen LogP contribution in [0.3, 0.4) is 0 Å². The van der Waals surface area contributed by atoms with Crippen molar-refractivity contribution < 1.29 is 9.53 Å². The highest BCUT2D eigenvalue weighted by Crippen LogP contribution is 2.22. The Balaban J connectivity index is 1.85. The van der Waals surface area contributed by atoms with Gasteiger partial charge >= 0.3 is 0 Å². The van der Waals surface area contributed by atoms with Crippen LogP contribution in [0.1, 0.15) is 21.5 Å². The number of hydrogen-bond acceptors (Lipinski definition) is 3. The van der Waals surface area contributed by atoms with Crippen LogP contribution in [-0.4, -0.2) is 18.0 Å². The van der Waals surface area contributed by atoms with Crippen LogP contribution in [-0.2, 0) is 0 Å². The van der Waals surface area contributed by atoms with E-state index in [2.05, 4.69) is 10.3 Å². The molecule has 1 heterocycles. The number of pyridine rings is 1. The van der Waals surface area contributed by atoms with Gasteiger partial charge in [-0.2, -0.15) is 0 Å². The Kier molecular flexibility index (Phi) is 3.98. The van der Waals surface area contributed by atoms with Crippen LogP contribution in [0.15, 0.2) is 48.7 Å². The quantitative estimate of drug-likeness (QED) is 0.792. The van der Waals surface area contributed by atoms with E-state index in [0.29, 0.717) is 11.3 Å². The Labute approximate surface area is 135 Å². The number of amides is 1. The van der Waals surface area contributed by atoms with Crippen molar-refractivity contribution in [3.63, 3.8) is 0 Å². The Morgan fingerprint density at radius 1 is 1.04 bits per heavy atom. The van der Waals surface area contributed by atoms with E-state index < -0.39 is 0 Å². The molecule has 3 aromatic rings. The molecule has 0 radical (unpaired) electrons. The van der Waals surface area contributed by atoms with E-state index in [0.717, 1.165) is 22.2 Å². The normalized spacial score (nSPS) is 10.6. The Morgan fingerprint density at radius 2 is 1.87 bits per heavy atom. The van der Waals surface area contributed by atoms with Gasteiger partial charge in [-0.25, -0.2) is 0 Å². The summed E-state index contributed by atoms with van der Waals surface area (Å²) in [7, 11) is 1.62. The molecule has 0 saturated carbocycles. The lowest BCUT2D eigenvalue weighted by Crippen LogP contribution is -2.12. The molecule has 0 atom stereocenters. The van der Waals surface area contributed by atoms with Crippen LogP contribution in [0.4, 0.5) is 5.69 Å². The molecule has 1 amide bonds. The van der Waals surface area contributed by atoms with Crippen molar-refractivity contribution in [2.45, 2.75) is 13.8 Å². The highest BCUT2D eigenvalue weighted by molar-refractivity contribution is 6.05. The molecular weight excluding hydrogens is 288 g/mol. The van der Waals surface area contributed by atoms with Gasteiger partial charge in [0.05, 0.1) is 24.5 Å². The number of carbonyl (C=O) groups excluding carboxylic acids is 1. The number of methoxy groups -OCH3 is 1. The first kappa shape index (κ1) is 15.0. The molecule has 0 unspecified atom stereocenters. The van der Waals surface area contributed by atoms with E-state index in [9.17, 15) is 4.79 Å². The van der Waals surface area contributed by atoms with E-state index in [1.807, 2.05) is 56.3 Å². The zero-order chi connectivity index (χ0) is 16.4. The van der Waals surface area contributed by atoms with E-state index in [-0.39, 0.29) is 5.91 Å². The average molecular weight is 306 g/mol. The molecule has 116 valence electrons. The number of rotatable bonds is 3. The summed E-state index contributed by atoms with van der Waals surface area (Å²) in [6, 6.07) is 13.2. The largest absolute Gasteiger partial charge is 0.497 e. The zero-order valence-electron chi connectivity index (χ0n) is 13.4. The lowest BCUT2D eigenvalue weighted by Gasteiger charge is -2.08. The summed E-state index contributed by atoms with van der Waals surface area (Å²) in [6.07, 6.45) is 1.65. The molecule has 0 saturated heterocycles. The molecule has 1 N–H and O–H groups in total. The first-order valence-corrected chi connectivity index (χ1v) is 7.39. The van der Waals surface area contributed by atoms with E-state index >= 15 is 0 Å². The first-order chi connectivity index (χ1) is 11.1. The van der Waals surface area contributed by atoms with Crippen molar-refractivity contribution >= 4 is 22.5 Å². The van der Waals surface area contributed by atoms with Crippen LogP contribution < -0.4 is 10.1 Å². The molecule has 2 aromatic carbocycles. The van der Waals surface area contributed by atoms with Crippen LogP contribution in [0.25, 0.3) is 10.9 Å². The summed E-state index contributed by atoms with van der Waals surface area (Å²) in [4.78, 5) is 16.7. The van der Waals surface area contributed by atoms with Gasteiger partial charge in [0, 0.05) is 17.0 Å². The summed E-state index contributed by atoms with van der Waals surface area (Å²) in [6.45, 7) is 4.02. The number of nitrogens with one attached hydrogen (secondary N) is 1. The summed E-state index contributed by atoms with van der Waals surface area (Å²) in [5.41, 5.74) is 4.41. The third-order valence-corrected chi connectivity index (χ3v) is 3.92. The van der Waals surface area contributed by atoms with Crippen LogP contribution >= 0.6 is 0 Å². The maximum atomic E-state index is 12.4.